The summed E-state index contributed by atoms with van der Waals surface area (Å²) in [5.74, 6) is -0.907. The van der Waals surface area contributed by atoms with E-state index in [-0.39, 0.29) is 16.9 Å². The first-order valence-electron chi connectivity index (χ1n) is 4.70. The van der Waals surface area contributed by atoms with Gasteiger partial charge in [0.05, 0.1) is 11.1 Å². The zero-order chi connectivity index (χ0) is 11.5. The number of hydrogen-bond acceptors (Lipinski definition) is 3. The predicted octanol–water partition coefficient (Wildman–Crippen LogP) is 2.03. The van der Waals surface area contributed by atoms with E-state index in [0.717, 1.165) is 0 Å². The minimum atomic E-state index is -0.559. The minimum absolute atomic E-state index is 0.00204. The Morgan fingerprint density at radius 3 is 2.50 bits per heavy atom. The van der Waals surface area contributed by atoms with Crippen LogP contribution in [0.3, 0.4) is 0 Å². The summed E-state index contributed by atoms with van der Waals surface area (Å²) in [6.07, 6.45) is 1.48. The number of nitrogens with zero attached hydrogens (tertiary/aromatic N) is 1. The molecule has 0 radical (unpaired) electrons. The molecule has 80 valence electrons. The molecule has 0 aliphatic carbocycles. The van der Waals surface area contributed by atoms with E-state index in [2.05, 4.69) is 4.98 Å². The number of hydrogen-bond donors (Lipinski definition) is 1. The number of aromatic nitrogens is 1. The monoisotopic (exact) mass is 216 g/mol. The van der Waals surface area contributed by atoms with Gasteiger partial charge in [0.2, 0.25) is 0 Å². The molecule has 0 fully saturated rings. The van der Waals surface area contributed by atoms with E-state index in [1.807, 2.05) is 0 Å². The van der Waals surface area contributed by atoms with Gasteiger partial charge in [0.15, 0.2) is 5.78 Å². The largest absolute Gasteiger partial charge is 0.383 e. The molecule has 0 aliphatic rings. The van der Waals surface area contributed by atoms with E-state index >= 15 is 0 Å². The van der Waals surface area contributed by atoms with Crippen LogP contribution in [0.5, 0.6) is 0 Å². The van der Waals surface area contributed by atoms with Crippen molar-refractivity contribution in [2.45, 2.75) is 0 Å². The molecule has 0 saturated carbocycles. The van der Waals surface area contributed by atoms with Crippen molar-refractivity contribution in [3.63, 3.8) is 0 Å². The van der Waals surface area contributed by atoms with Gasteiger partial charge >= 0.3 is 0 Å². The Bertz CT molecular complexity index is 493. The lowest BCUT2D eigenvalue weighted by atomic mass is 10.0. The second-order valence-electron chi connectivity index (χ2n) is 3.25. The average Bonchev–Trinajstić information content (AvgIpc) is 2.29. The van der Waals surface area contributed by atoms with Crippen molar-refractivity contribution in [2.75, 3.05) is 5.73 Å². The summed E-state index contributed by atoms with van der Waals surface area (Å²) in [5.41, 5.74) is 5.77. The number of benzene rings is 1. The number of carbonyl (C=O) groups excluding carboxylic acids is 1. The molecule has 0 atom stereocenters. The van der Waals surface area contributed by atoms with Crippen LogP contribution in [0.25, 0.3) is 0 Å². The number of carbonyl (C=O) groups is 1. The molecular weight excluding hydrogens is 207 g/mol. The first-order valence-corrected chi connectivity index (χ1v) is 4.70. The SMILES string of the molecule is Nc1ncccc1C(=O)c1ccccc1F. The van der Waals surface area contributed by atoms with Crippen molar-refractivity contribution >= 4 is 11.6 Å². The third kappa shape index (κ3) is 1.77. The second-order valence-corrected chi connectivity index (χ2v) is 3.25. The fourth-order valence-corrected chi connectivity index (χ4v) is 1.40. The highest BCUT2D eigenvalue weighted by molar-refractivity contribution is 6.11. The van der Waals surface area contributed by atoms with E-state index in [1.54, 1.807) is 12.1 Å². The third-order valence-electron chi connectivity index (χ3n) is 2.20. The molecule has 0 spiro atoms. The third-order valence-corrected chi connectivity index (χ3v) is 2.20. The average molecular weight is 216 g/mol. The van der Waals surface area contributed by atoms with Gasteiger partial charge in [0.25, 0.3) is 0 Å². The molecule has 1 aromatic heterocycles. The highest BCUT2D eigenvalue weighted by Crippen LogP contribution is 2.16. The summed E-state index contributed by atoms with van der Waals surface area (Å²) in [6.45, 7) is 0. The predicted molar refractivity (Wildman–Crippen MR) is 58.5 cm³/mol. The topological polar surface area (TPSA) is 56.0 Å². The molecule has 2 N–H and O–H groups in total. The molecule has 1 aromatic carbocycles. The number of halogens is 1. The van der Waals surface area contributed by atoms with Crippen molar-refractivity contribution in [3.05, 3.63) is 59.5 Å². The number of nitrogen functional groups attached to an aromatic ring is 1. The Labute approximate surface area is 91.7 Å². The smallest absolute Gasteiger partial charge is 0.199 e. The van der Waals surface area contributed by atoms with Gasteiger partial charge in [0.1, 0.15) is 11.6 Å². The lowest BCUT2D eigenvalue weighted by Gasteiger charge is -2.04. The van der Waals surface area contributed by atoms with Crippen LogP contribution < -0.4 is 5.73 Å². The molecule has 0 unspecified atom stereocenters. The van der Waals surface area contributed by atoms with Crippen LogP contribution in [0.1, 0.15) is 15.9 Å². The number of pyridine rings is 1. The van der Waals surface area contributed by atoms with Crippen molar-refractivity contribution in [2.24, 2.45) is 0 Å². The van der Waals surface area contributed by atoms with Crippen molar-refractivity contribution in [3.8, 4) is 0 Å². The Hall–Kier alpha value is -2.23. The Morgan fingerprint density at radius 2 is 1.81 bits per heavy atom. The number of ketones is 1. The van der Waals surface area contributed by atoms with Crippen LogP contribution in [0.15, 0.2) is 42.6 Å². The van der Waals surface area contributed by atoms with Gasteiger partial charge in [-0.2, -0.15) is 0 Å². The van der Waals surface area contributed by atoms with Gasteiger partial charge < -0.3 is 5.73 Å². The summed E-state index contributed by atoms with van der Waals surface area (Å²) in [6, 6.07) is 8.90. The molecular formula is C12H9FN2O. The standard InChI is InChI=1S/C12H9FN2O/c13-10-6-2-1-4-8(10)11(16)9-5-3-7-15-12(9)14/h1-7H,(H2,14,15). The van der Waals surface area contributed by atoms with Gasteiger partial charge in [0, 0.05) is 6.20 Å². The number of rotatable bonds is 2. The molecule has 4 heteroatoms. The lowest BCUT2D eigenvalue weighted by molar-refractivity contribution is 0.103. The Morgan fingerprint density at radius 1 is 1.12 bits per heavy atom. The lowest BCUT2D eigenvalue weighted by Crippen LogP contribution is -2.08. The van der Waals surface area contributed by atoms with Crippen LogP contribution in [0.4, 0.5) is 10.2 Å². The maximum absolute atomic E-state index is 13.4. The molecule has 16 heavy (non-hydrogen) atoms. The van der Waals surface area contributed by atoms with Crippen molar-refractivity contribution in [1.82, 2.24) is 4.98 Å². The highest BCUT2D eigenvalue weighted by atomic mass is 19.1. The Balaban J connectivity index is 2.48. The zero-order valence-corrected chi connectivity index (χ0v) is 8.35. The van der Waals surface area contributed by atoms with E-state index in [1.165, 1.54) is 30.5 Å². The van der Waals surface area contributed by atoms with Crippen LogP contribution in [-0.4, -0.2) is 10.8 Å². The van der Waals surface area contributed by atoms with Crippen LogP contribution in [-0.2, 0) is 0 Å². The van der Waals surface area contributed by atoms with Gasteiger partial charge in [-0.25, -0.2) is 9.37 Å². The van der Waals surface area contributed by atoms with Gasteiger partial charge in [-0.1, -0.05) is 12.1 Å². The van der Waals surface area contributed by atoms with E-state index in [9.17, 15) is 9.18 Å². The second kappa shape index (κ2) is 4.10. The maximum Gasteiger partial charge on any atom is 0.199 e. The minimum Gasteiger partial charge on any atom is -0.383 e. The molecule has 2 aromatic rings. The number of anilines is 1. The summed E-state index contributed by atoms with van der Waals surface area (Å²) in [4.78, 5) is 15.7. The first-order chi connectivity index (χ1) is 7.70. The van der Waals surface area contributed by atoms with Crippen LogP contribution in [0.2, 0.25) is 0 Å². The molecule has 0 amide bonds. The number of nitrogens with two attached hydrogens (primary N) is 1. The summed E-state index contributed by atoms with van der Waals surface area (Å²) < 4.78 is 13.4. The van der Waals surface area contributed by atoms with E-state index < -0.39 is 11.6 Å². The molecule has 2 rings (SSSR count). The molecule has 3 nitrogen and oxygen atoms in total. The maximum atomic E-state index is 13.4. The van der Waals surface area contributed by atoms with Gasteiger partial charge in [-0.15, -0.1) is 0 Å². The quantitative estimate of drug-likeness (QED) is 0.781. The van der Waals surface area contributed by atoms with E-state index in [0.29, 0.717) is 0 Å². The van der Waals surface area contributed by atoms with Crippen LogP contribution >= 0.6 is 0 Å². The molecule has 1 heterocycles. The summed E-state index contributed by atoms with van der Waals surface area (Å²) in [7, 11) is 0. The normalized spacial score (nSPS) is 10.1. The first kappa shape index (κ1) is 10.3. The highest BCUT2D eigenvalue weighted by Gasteiger charge is 2.15. The fraction of sp³-hybridized carbons (Fsp3) is 0. The molecule has 0 aliphatic heterocycles. The van der Waals surface area contributed by atoms with Gasteiger partial charge in [-0.05, 0) is 24.3 Å². The molecule has 0 bridgehead atoms. The fourth-order valence-electron chi connectivity index (χ4n) is 1.40. The van der Waals surface area contributed by atoms with Gasteiger partial charge in [-0.3, -0.25) is 4.79 Å². The van der Waals surface area contributed by atoms with E-state index in [4.69, 9.17) is 5.73 Å². The Kier molecular flexibility index (Phi) is 2.64. The van der Waals surface area contributed by atoms with Crippen LogP contribution in [0, 0.1) is 5.82 Å². The molecule has 0 saturated heterocycles. The van der Waals surface area contributed by atoms with Crippen molar-refractivity contribution < 1.29 is 9.18 Å². The van der Waals surface area contributed by atoms with Crippen molar-refractivity contribution in [1.29, 1.82) is 0 Å². The summed E-state index contributed by atoms with van der Waals surface area (Å²) >= 11 is 0. The summed E-state index contributed by atoms with van der Waals surface area (Å²) in [5, 5.41) is 0. The zero-order valence-electron chi connectivity index (χ0n) is 8.35.